The monoisotopic (exact) mass is 331 g/mol. The van der Waals surface area contributed by atoms with Crippen LogP contribution in [0.3, 0.4) is 0 Å². The topological polar surface area (TPSA) is 92.6 Å². The Hall–Kier alpha value is -2.96. The van der Waals surface area contributed by atoms with Crippen LogP contribution in [-0.4, -0.2) is 19.0 Å². The minimum atomic E-state index is -0.370. The summed E-state index contributed by atoms with van der Waals surface area (Å²) in [5.74, 6) is 1.73. The molecule has 1 atom stereocenters. The lowest BCUT2D eigenvalue weighted by molar-refractivity contribution is -0.114. The highest BCUT2D eigenvalue weighted by Crippen LogP contribution is 2.28. The molecular weight excluding hydrogens is 310 g/mol. The van der Waals surface area contributed by atoms with Gasteiger partial charge in [-0.05, 0) is 38.1 Å². The first kappa shape index (κ1) is 17.4. The van der Waals surface area contributed by atoms with Crippen LogP contribution in [0.2, 0.25) is 0 Å². The van der Waals surface area contributed by atoms with Crippen molar-refractivity contribution in [3.05, 3.63) is 41.9 Å². The van der Waals surface area contributed by atoms with Crippen LogP contribution in [0.5, 0.6) is 5.75 Å². The standard InChI is InChI=1S/C17H21N3O4/c1-10-5-8-15(24-10)11(2)18-17(22)20-13-6-7-14(19-12(3)21)16(9-13)23-4/h5-9,11H,1-4H3,(H,19,21)(H2,18,20,22). The highest BCUT2D eigenvalue weighted by Gasteiger charge is 2.13. The summed E-state index contributed by atoms with van der Waals surface area (Å²) in [6.07, 6.45) is 0. The fourth-order valence-corrected chi connectivity index (χ4v) is 2.18. The van der Waals surface area contributed by atoms with Gasteiger partial charge < -0.3 is 25.1 Å². The van der Waals surface area contributed by atoms with E-state index in [0.717, 1.165) is 5.76 Å². The summed E-state index contributed by atoms with van der Waals surface area (Å²) in [4.78, 5) is 23.2. The van der Waals surface area contributed by atoms with Crippen molar-refractivity contribution in [1.82, 2.24) is 5.32 Å². The molecular formula is C17H21N3O4. The molecule has 0 saturated heterocycles. The van der Waals surface area contributed by atoms with Gasteiger partial charge in [-0.15, -0.1) is 0 Å². The van der Waals surface area contributed by atoms with Gasteiger partial charge >= 0.3 is 6.03 Å². The van der Waals surface area contributed by atoms with Gasteiger partial charge in [-0.25, -0.2) is 4.79 Å². The summed E-state index contributed by atoms with van der Waals surface area (Å²) < 4.78 is 10.7. The quantitative estimate of drug-likeness (QED) is 0.782. The summed E-state index contributed by atoms with van der Waals surface area (Å²) in [5, 5.41) is 8.16. The van der Waals surface area contributed by atoms with Crippen LogP contribution in [0.1, 0.15) is 31.4 Å². The van der Waals surface area contributed by atoms with Crippen LogP contribution in [0, 0.1) is 6.92 Å². The lowest BCUT2D eigenvalue weighted by Crippen LogP contribution is -2.31. The van der Waals surface area contributed by atoms with E-state index >= 15 is 0 Å². The van der Waals surface area contributed by atoms with E-state index in [1.54, 1.807) is 18.2 Å². The number of urea groups is 1. The lowest BCUT2D eigenvalue weighted by Gasteiger charge is -2.14. The molecule has 24 heavy (non-hydrogen) atoms. The smallest absolute Gasteiger partial charge is 0.319 e. The number of hydrogen-bond donors (Lipinski definition) is 3. The number of carbonyl (C=O) groups excluding carboxylic acids is 2. The van der Waals surface area contributed by atoms with E-state index in [4.69, 9.17) is 9.15 Å². The van der Waals surface area contributed by atoms with Gasteiger partial charge in [-0.3, -0.25) is 4.79 Å². The molecule has 128 valence electrons. The van der Waals surface area contributed by atoms with E-state index in [-0.39, 0.29) is 18.0 Å². The number of furan rings is 1. The van der Waals surface area contributed by atoms with Crippen molar-refractivity contribution in [2.75, 3.05) is 17.7 Å². The van der Waals surface area contributed by atoms with Crippen molar-refractivity contribution in [3.8, 4) is 5.75 Å². The van der Waals surface area contributed by atoms with Crippen molar-refractivity contribution in [2.24, 2.45) is 0 Å². The maximum Gasteiger partial charge on any atom is 0.319 e. The summed E-state index contributed by atoms with van der Waals surface area (Å²) in [5.41, 5.74) is 1.08. The number of carbonyl (C=O) groups is 2. The molecule has 1 unspecified atom stereocenters. The Morgan fingerprint density at radius 2 is 1.92 bits per heavy atom. The van der Waals surface area contributed by atoms with Crippen LogP contribution in [-0.2, 0) is 4.79 Å². The second-order valence-electron chi connectivity index (χ2n) is 5.36. The van der Waals surface area contributed by atoms with E-state index in [2.05, 4.69) is 16.0 Å². The summed E-state index contributed by atoms with van der Waals surface area (Å²) in [6, 6.07) is 8.00. The van der Waals surface area contributed by atoms with Gasteiger partial charge in [0.2, 0.25) is 5.91 Å². The molecule has 7 nitrogen and oxygen atoms in total. The maximum atomic E-state index is 12.1. The number of aryl methyl sites for hydroxylation is 1. The minimum absolute atomic E-state index is 0.200. The van der Waals surface area contributed by atoms with Gasteiger partial charge in [0.25, 0.3) is 0 Å². The molecule has 0 spiro atoms. The molecule has 2 aromatic rings. The van der Waals surface area contributed by atoms with Crippen LogP contribution in [0.15, 0.2) is 34.7 Å². The summed E-state index contributed by atoms with van der Waals surface area (Å²) in [6.45, 7) is 5.09. The van der Waals surface area contributed by atoms with Crippen molar-refractivity contribution in [1.29, 1.82) is 0 Å². The average Bonchev–Trinajstić information content (AvgIpc) is 2.95. The molecule has 0 aliphatic rings. The largest absolute Gasteiger partial charge is 0.494 e. The number of ether oxygens (including phenoxy) is 1. The predicted octanol–water partition coefficient (Wildman–Crippen LogP) is 3.44. The fourth-order valence-electron chi connectivity index (χ4n) is 2.18. The fraction of sp³-hybridized carbons (Fsp3) is 0.294. The van der Waals surface area contributed by atoms with E-state index in [9.17, 15) is 9.59 Å². The first-order chi connectivity index (χ1) is 11.4. The molecule has 0 fully saturated rings. The predicted molar refractivity (Wildman–Crippen MR) is 91.3 cm³/mol. The lowest BCUT2D eigenvalue weighted by atomic mass is 10.2. The van der Waals surface area contributed by atoms with Gasteiger partial charge in [0.05, 0.1) is 18.8 Å². The maximum absolute atomic E-state index is 12.1. The molecule has 1 aromatic carbocycles. The van der Waals surface area contributed by atoms with E-state index in [1.807, 2.05) is 26.0 Å². The van der Waals surface area contributed by atoms with Gasteiger partial charge in [0.1, 0.15) is 17.3 Å². The molecule has 3 N–H and O–H groups in total. The van der Waals surface area contributed by atoms with Gasteiger partial charge in [0.15, 0.2) is 0 Å². The summed E-state index contributed by atoms with van der Waals surface area (Å²) in [7, 11) is 1.49. The number of anilines is 2. The van der Waals surface area contributed by atoms with Crippen LogP contribution < -0.4 is 20.7 Å². The zero-order valence-electron chi connectivity index (χ0n) is 14.1. The highest BCUT2D eigenvalue weighted by atomic mass is 16.5. The normalized spacial score (nSPS) is 11.5. The number of benzene rings is 1. The molecule has 2 rings (SSSR count). The molecule has 0 aliphatic carbocycles. The van der Waals surface area contributed by atoms with Gasteiger partial charge in [-0.2, -0.15) is 0 Å². The number of hydrogen-bond acceptors (Lipinski definition) is 4. The first-order valence-electron chi connectivity index (χ1n) is 7.48. The zero-order valence-corrected chi connectivity index (χ0v) is 14.1. The molecule has 1 heterocycles. The number of rotatable bonds is 5. The molecule has 0 bridgehead atoms. The van der Waals surface area contributed by atoms with Gasteiger partial charge in [-0.1, -0.05) is 0 Å². The van der Waals surface area contributed by atoms with E-state index in [1.165, 1.54) is 14.0 Å². The second kappa shape index (κ2) is 7.54. The van der Waals surface area contributed by atoms with Gasteiger partial charge in [0, 0.05) is 18.7 Å². The number of methoxy groups -OCH3 is 1. The van der Waals surface area contributed by atoms with E-state index in [0.29, 0.717) is 22.9 Å². The van der Waals surface area contributed by atoms with Crippen molar-refractivity contribution in [3.63, 3.8) is 0 Å². The average molecular weight is 331 g/mol. The Labute approximate surface area is 140 Å². The Bertz CT molecular complexity index is 739. The Morgan fingerprint density at radius 1 is 1.17 bits per heavy atom. The number of amides is 3. The first-order valence-corrected chi connectivity index (χ1v) is 7.48. The highest BCUT2D eigenvalue weighted by molar-refractivity contribution is 5.93. The number of nitrogens with one attached hydrogen (secondary N) is 3. The summed E-state index contributed by atoms with van der Waals surface area (Å²) >= 11 is 0. The van der Waals surface area contributed by atoms with Crippen molar-refractivity contribution >= 4 is 23.3 Å². The molecule has 1 aromatic heterocycles. The van der Waals surface area contributed by atoms with E-state index < -0.39 is 0 Å². The molecule has 3 amide bonds. The molecule has 7 heteroatoms. The van der Waals surface area contributed by atoms with Crippen LogP contribution in [0.25, 0.3) is 0 Å². The third-order valence-corrected chi connectivity index (χ3v) is 3.31. The Balaban J connectivity index is 2.02. The van der Waals surface area contributed by atoms with Crippen LogP contribution in [0.4, 0.5) is 16.2 Å². The third kappa shape index (κ3) is 4.52. The SMILES string of the molecule is COc1cc(NC(=O)NC(C)c2ccc(C)o2)ccc1NC(C)=O. The van der Waals surface area contributed by atoms with Crippen LogP contribution >= 0.6 is 0 Å². The Kier molecular flexibility index (Phi) is 5.47. The molecule has 0 radical (unpaired) electrons. The van der Waals surface area contributed by atoms with Crippen molar-refractivity contribution in [2.45, 2.75) is 26.8 Å². The van der Waals surface area contributed by atoms with Crippen molar-refractivity contribution < 1.29 is 18.7 Å². The second-order valence-corrected chi connectivity index (χ2v) is 5.36. The zero-order chi connectivity index (χ0) is 17.7. The Morgan fingerprint density at radius 3 is 2.50 bits per heavy atom. The minimum Gasteiger partial charge on any atom is -0.494 e. The molecule has 0 aliphatic heterocycles. The third-order valence-electron chi connectivity index (χ3n) is 3.31. The molecule has 0 saturated carbocycles.